The molecule has 1 amide bonds. The third-order valence-corrected chi connectivity index (χ3v) is 7.85. The summed E-state index contributed by atoms with van der Waals surface area (Å²) < 4.78 is 0. The summed E-state index contributed by atoms with van der Waals surface area (Å²) in [4.78, 5) is 20.0. The third kappa shape index (κ3) is 4.74. The normalized spacial score (nSPS) is 20.2. The van der Waals surface area contributed by atoms with E-state index in [-0.39, 0.29) is 5.92 Å². The Morgan fingerprint density at radius 1 is 1.00 bits per heavy atom. The summed E-state index contributed by atoms with van der Waals surface area (Å²) in [5, 5.41) is 3.29. The van der Waals surface area contributed by atoms with Crippen LogP contribution in [0.3, 0.4) is 0 Å². The lowest BCUT2D eigenvalue weighted by Gasteiger charge is -2.35. The smallest absolute Gasteiger partial charge is 0.230 e. The van der Waals surface area contributed by atoms with Gasteiger partial charge in [0.2, 0.25) is 5.91 Å². The zero-order valence-corrected chi connectivity index (χ0v) is 18.7. The number of benzene rings is 1. The van der Waals surface area contributed by atoms with Crippen LogP contribution in [0.5, 0.6) is 0 Å². The monoisotopic (exact) mass is 410 g/mol. The lowest BCUT2D eigenvalue weighted by molar-refractivity contribution is -0.134. The number of likely N-dealkylation sites (tertiary alicyclic amines) is 1. The van der Waals surface area contributed by atoms with Crippen LogP contribution in [0.25, 0.3) is 0 Å². The quantitative estimate of drug-likeness (QED) is 0.576. The van der Waals surface area contributed by atoms with Gasteiger partial charge in [-0.1, -0.05) is 57.4 Å². The van der Waals surface area contributed by atoms with Crippen LogP contribution in [-0.4, -0.2) is 28.9 Å². The Balaban J connectivity index is 1.42. The molecule has 2 heterocycles. The molecule has 4 rings (SSSR count). The van der Waals surface area contributed by atoms with Crippen molar-refractivity contribution >= 4 is 17.2 Å². The molecule has 1 unspecified atom stereocenters. The summed E-state index contributed by atoms with van der Waals surface area (Å²) >= 11 is 1.75. The van der Waals surface area contributed by atoms with Crippen molar-refractivity contribution in [3.05, 3.63) is 52.0 Å². The van der Waals surface area contributed by atoms with Gasteiger partial charge in [0.15, 0.2) is 0 Å². The van der Waals surface area contributed by atoms with E-state index in [9.17, 15) is 4.79 Å². The average Bonchev–Trinajstić information content (AvgIpc) is 3.30. The molecule has 156 valence electrons. The Bertz CT molecular complexity index is 770. The molecule has 4 heteroatoms. The topological polar surface area (TPSA) is 33.2 Å². The van der Waals surface area contributed by atoms with Crippen molar-refractivity contribution < 1.29 is 4.79 Å². The van der Waals surface area contributed by atoms with Gasteiger partial charge in [0.05, 0.1) is 10.9 Å². The van der Waals surface area contributed by atoms with Crippen LogP contribution < -0.4 is 0 Å². The summed E-state index contributed by atoms with van der Waals surface area (Å²) in [6.45, 7) is 6.07. The number of nitrogens with zero attached hydrogens (tertiary/aromatic N) is 2. The molecule has 2 aromatic rings. The Kier molecular flexibility index (Phi) is 6.69. The number of rotatable bonds is 5. The highest BCUT2D eigenvalue weighted by Gasteiger charge is 2.32. The third-order valence-electron chi connectivity index (χ3n) is 6.91. The molecule has 1 saturated carbocycles. The summed E-state index contributed by atoms with van der Waals surface area (Å²) in [7, 11) is 0. The van der Waals surface area contributed by atoms with Gasteiger partial charge >= 0.3 is 0 Å². The Morgan fingerprint density at radius 3 is 2.28 bits per heavy atom. The number of carbonyl (C=O) groups excluding carboxylic acids is 1. The van der Waals surface area contributed by atoms with Crippen LogP contribution in [0.2, 0.25) is 0 Å². The minimum Gasteiger partial charge on any atom is -0.342 e. The first-order chi connectivity index (χ1) is 14.1. The van der Waals surface area contributed by atoms with Crippen LogP contribution >= 0.6 is 11.3 Å². The van der Waals surface area contributed by atoms with Crippen LogP contribution in [0.4, 0.5) is 0 Å². The van der Waals surface area contributed by atoms with E-state index < -0.39 is 0 Å². The predicted molar refractivity (Wildman–Crippen MR) is 121 cm³/mol. The van der Waals surface area contributed by atoms with E-state index >= 15 is 0 Å². The van der Waals surface area contributed by atoms with Gasteiger partial charge in [-0.15, -0.1) is 11.3 Å². The maximum absolute atomic E-state index is 13.4. The van der Waals surface area contributed by atoms with Crippen LogP contribution in [0.15, 0.2) is 35.8 Å². The Labute approximate surface area is 179 Å². The molecule has 0 spiro atoms. The van der Waals surface area contributed by atoms with Gasteiger partial charge in [0.25, 0.3) is 0 Å². The number of hydrogen-bond acceptors (Lipinski definition) is 3. The number of thiazole rings is 1. The van der Waals surface area contributed by atoms with E-state index in [4.69, 9.17) is 0 Å². The molecule has 3 nitrogen and oxygen atoms in total. The second-order valence-electron chi connectivity index (χ2n) is 9.19. The van der Waals surface area contributed by atoms with Crippen molar-refractivity contribution in [3.8, 4) is 0 Å². The van der Waals surface area contributed by atoms with Gasteiger partial charge in [0, 0.05) is 30.6 Å². The fourth-order valence-electron chi connectivity index (χ4n) is 5.20. The standard InChI is InChI=1S/C25H34N2OS/c1-18(2)23(21-10-8-20(9-11-21)19-6-4-3-5-7-19)25(28)27-15-12-22(13-16-27)24-26-14-17-29-24/h8-11,14,17-19,22-23H,3-7,12-13,15-16H2,1-2H3. The van der Waals surface area contributed by atoms with E-state index in [1.54, 1.807) is 11.3 Å². The van der Waals surface area contributed by atoms with Gasteiger partial charge in [-0.2, -0.15) is 0 Å². The highest BCUT2D eigenvalue weighted by atomic mass is 32.1. The van der Waals surface area contributed by atoms with Crippen LogP contribution in [-0.2, 0) is 4.79 Å². The van der Waals surface area contributed by atoms with Gasteiger partial charge in [-0.05, 0) is 48.6 Å². The summed E-state index contributed by atoms with van der Waals surface area (Å²) in [5.41, 5.74) is 2.65. The van der Waals surface area contributed by atoms with Crippen molar-refractivity contribution in [3.63, 3.8) is 0 Å². The summed E-state index contributed by atoms with van der Waals surface area (Å²) in [5.74, 6) is 1.82. The van der Waals surface area contributed by atoms with Crippen molar-refractivity contribution in [2.45, 2.75) is 76.5 Å². The first-order valence-corrected chi connectivity index (χ1v) is 12.3. The van der Waals surface area contributed by atoms with Crippen molar-refractivity contribution in [2.24, 2.45) is 5.92 Å². The zero-order chi connectivity index (χ0) is 20.2. The summed E-state index contributed by atoms with van der Waals surface area (Å²) in [6.07, 6.45) is 10.7. The zero-order valence-electron chi connectivity index (χ0n) is 17.8. The SMILES string of the molecule is CC(C)C(C(=O)N1CCC(c2nccs2)CC1)c1ccc(C2CCCCC2)cc1. The lowest BCUT2D eigenvalue weighted by Crippen LogP contribution is -2.41. The summed E-state index contributed by atoms with van der Waals surface area (Å²) in [6, 6.07) is 9.05. The largest absolute Gasteiger partial charge is 0.342 e. The molecule has 2 aliphatic rings. The number of hydrogen-bond donors (Lipinski definition) is 0. The molecule has 0 radical (unpaired) electrons. The van der Waals surface area contributed by atoms with Crippen LogP contribution in [0.1, 0.15) is 92.7 Å². The second-order valence-corrected chi connectivity index (χ2v) is 10.1. The second kappa shape index (κ2) is 9.42. The molecule has 1 aliphatic heterocycles. The fourth-order valence-corrected chi connectivity index (χ4v) is 6.01. The maximum atomic E-state index is 13.4. The van der Waals surface area contributed by atoms with Gasteiger partial charge in [-0.3, -0.25) is 4.79 Å². The van der Waals surface area contributed by atoms with E-state index in [1.165, 1.54) is 48.2 Å². The Hall–Kier alpha value is -1.68. The fraction of sp³-hybridized carbons (Fsp3) is 0.600. The molecule has 2 fully saturated rings. The van der Waals surface area contributed by atoms with E-state index in [0.717, 1.165) is 31.8 Å². The van der Waals surface area contributed by atoms with Gasteiger partial charge < -0.3 is 4.90 Å². The molecule has 0 N–H and O–H groups in total. The highest BCUT2D eigenvalue weighted by Crippen LogP contribution is 2.35. The van der Waals surface area contributed by atoms with Crippen molar-refractivity contribution in [1.29, 1.82) is 0 Å². The number of amides is 1. The maximum Gasteiger partial charge on any atom is 0.230 e. The minimum absolute atomic E-state index is 0.0354. The van der Waals surface area contributed by atoms with E-state index in [1.807, 2.05) is 6.20 Å². The van der Waals surface area contributed by atoms with Crippen LogP contribution in [0, 0.1) is 5.92 Å². The van der Waals surface area contributed by atoms with Gasteiger partial charge in [0.1, 0.15) is 0 Å². The van der Waals surface area contributed by atoms with Gasteiger partial charge in [-0.25, -0.2) is 4.98 Å². The molecule has 1 atom stereocenters. The lowest BCUT2D eigenvalue weighted by atomic mass is 9.82. The number of piperidine rings is 1. The average molecular weight is 411 g/mol. The molecular weight excluding hydrogens is 376 g/mol. The molecule has 0 bridgehead atoms. The number of aromatic nitrogens is 1. The molecule has 1 saturated heterocycles. The molecule has 1 aromatic heterocycles. The highest BCUT2D eigenvalue weighted by molar-refractivity contribution is 7.09. The molecule has 1 aromatic carbocycles. The minimum atomic E-state index is -0.0354. The number of carbonyl (C=O) groups is 1. The van der Waals surface area contributed by atoms with Crippen molar-refractivity contribution in [2.75, 3.05) is 13.1 Å². The van der Waals surface area contributed by atoms with E-state index in [2.05, 4.69) is 53.4 Å². The first-order valence-electron chi connectivity index (χ1n) is 11.4. The molecule has 29 heavy (non-hydrogen) atoms. The molecular formula is C25H34N2OS. The van der Waals surface area contributed by atoms with Crippen molar-refractivity contribution in [1.82, 2.24) is 9.88 Å². The Morgan fingerprint density at radius 2 is 1.69 bits per heavy atom. The first kappa shape index (κ1) is 20.6. The predicted octanol–water partition coefficient (Wildman–Crippen LogP) is 6.34. The molecule has 1 aliphatic carbocycles. The van der Waals surface area contributed by atoms with E-state index in [0.29, 0.717) is 17.7 Å².